The Balaban J connectivity index is 1.85. The summed E-state index contributed by atoms with van der Waals surface area (Å²) in [6, 6.07) is 6.36. The molecule has 116 valence electrons. The van der Waals surface area contributed by atoms with Crippen molar-refractivity contribution in [2.24, 2.45) is 0 Å². The van der Waals surface area contributed by atoms with Crippen molar-refractivity contribution in [1.82, 2.24) is 5.32 Å². The van der Waals surface area contributed by atoms with E-state index in [1.807, 2.05) is 26.8 Å². The summed E-state index contributed by atoms with van der Waals surface area (Å²) >= 11 is 0. The molecule has 1 atom stereocenters. The summed E-state index contributed by atoms with van der Waals surface area (Å²) in [5, 5.41) is 3.33. The molecule has 1 fully saturated rings. The molecule has 1 saturated carbocycles. The van der Waals surface area contributed by atoms with E-state index >= 15 is 0 Å². The third-order valence-corrected chi connectivity index (χ3v) is 3.59. The highest BCUT2D eigenvalue weighted by atomic mass is 16.5. The van der Waals surface area contributed by atoms with Gasteiger partial charge in [0.25, 0.3) is 0 Å². The van der Waals surface area contributed by atoms with Gasteiger partial charge < -0.3 is 14.8 Å². The molecule has 0 radical (unpaired) electrons. The summed E-state index contributed by atoms with van der Waals surface area (Å²) in [7, 11) is 0. The van der Waals surface area contributed by atoms with E-state index in [1.54, 1.807) is 0 Å². The molecule has 0 aromatic heterocycles. The van der Waals surface area contributed by atoms with Crippen LogP contribution in [0.25, 0.3) is 0 Å². The van der Waals surface area contributed by atoms with Gasteiger partial charge in [0.05, 0.1) is 13.2 Å². The van der Waals surface area contributed by atoms with Crippen LogP contribution in [0.4, 0.5) is 0 Å². The van der Waals surface area contributed by atoms with Crippen LogP contribution in [0, 0.1) is 13.8 Å². The fourth-order valence-corrected chi connectivity index (χ4v) is 2.20. The number of ether oxygens (including phenoxy) is 2. The lowest BCUT2D eigenvalue weighted by molar-refractivity contribution is -0.146. The summed E-state index contributed by atoms with van der Waals surface area (Å²) in [5.74, 6) is 0.720. The number of rotatable bonds is 8. The number of aryl methyl sites for hydroxylation is 2. The van der Waals surface area contributed by atoms with E-state index < -0.39 is 0 Å². The van der Waals surface area contributed by atoms with Crippen LogP contribution in [-0.2, 0) is 9.53 Å². The molecule has 1 aliphatic rings. The Hall–Kier alpha value is -1.55. The molecule has 4 nitrogen and oxygen atoms in total. The van der Waals surface area contributed by atoms with Crippen LogP contribution in [0.15, 0.2) is 18.2 Å². The van der Waals surface area contributed by atoms with Crippen LogP contribution in [0.1, 0.15) is 37.3 Å². The van der Waals surface area contributed by atoms with E-state index in [4.69, 9.17) is 9.47 Å². The zero-order chi connectivity index (χ0) is 15.2. The van der Waals surface area contributed by atoms with Crippen molar-refractivity contribution in [3.63, 3.8) is 0 Å². The van der Waals surface area contributed by atoms with Gasteiger partial charge in [-0.25, -0.2) is 0 Å². The molecule has 4 heteroatoms. The molecule has 0 amide bonds. The average Bonchev–Trinajstić information content (AvgIpc) is 3.26. The topological polar surface area (TPSA) is 47.6 Å². The molecule has 0 spiro atoms. The van der Waals surface area contributed by atoms with Crippen LogP contribution in [0.5, 0.6) is 5.75 Å². The van der Waals surface area contributed by atoms with Crippen molar-refractivity contribution in [2.75, 3.05) is 13.2 Å². The number of carbonyl (C=O) groups excluding carboxylic acids is 1. The first-order valence-electron chi connectivity index (χ1n) is 7.73. The van der Waals surface area contributed by atoms with Gasteiger partial charge in [-0.15, -0.1) is 0 Å². The lowest BCUT2D eigenvalue weighted by atomic mass is 10.1. The second kappa shape index (κ2) is 7.46. The third-order valence-electron chi connectivity index (χ3n) is 3.59. The molecule has 0 heterocycles. The van der Waals surface area contributed by atoms with Crippen LogP contribution in [0.2, 0.25) is 0 Å². The van der Waals surface area contributed by atoms with Gasteiger partial charge in [-0.1, -0.05) is 12.1 Å². The third kappa shape index (κ3) is 5.05. The van der Waals surface area contributed by atoms with E-state index in [1.165, 1.54) is 5.56 Å². The van der Waals surface area contributed by atoms with Gasteiger partial charge in [-0.2, -0.15) is 0 Å². The SMILES string of the molecule is CCOC(=O)C(CCOc1cc(C)ccc1C)NC1CC1. The first-order valence-corrected chi connectivity index (χ1v) is 7.73. The summed E-state index contributed by atoms with van der Waals surface area (Å²) in [4.78, 5) is 11.9. The van der Waals surface area contributed by atoms with E-state index in [2.05, 4.69) is 17.4 Å². The zero-order valence-corrected chi connectivity index (χ0v) is 13.1. The number of esters is 1. The zero-order valence-electron chi connectivity index (χ0n) is 13.1. The van der Waals surface area contributed by atoms with Crippen molar-refractivity contribution in [1.29, 1.82) is 0 Å². The molecular formula is C17H25NO3. The molecule has 1 unspecified atom stereocenters. The molecular weight excluding hydrogens is 266 g/mol. The smallest absolute Gasteiger partial charge is 0.323 e. The van der Waals surface area contributed by atoms with Gasteiger partial charge in [0.15, 0.2) is 0 Å². The molecule has 2 rings (SSSR count). The Kier molecular flexibility index (Phi) is 5.62. The molecule has 1 aromatic carbocycles. The average molecular weight is 291 g/mol. The first-order chi connectivity index (χ1) is 10.1. The molecule has 1 aromatic rings. The molecule has 1 N–H and O–H groups in total. The van der Waals surface area contributed by atoms with Crippen molar-refractivity contribution >= 4 is 5.97 Å². The lowest BCUT2D eigenvalue weighted by Crippen LogP contribution is -2.40. The number of hydrogen-bond acceptors (Lipinski definition) is 4. The maximum absolute atomic E-state index is 11.9. The van der Waals surface area contributed by atoms with Crippen molar-refractivity contribution in [3.8, 4) is 5.75 Å². The molecule has 21 heavy (non-hydrogen) atoms. The van der Waals surface area contributed by atoms with E-state index in [9.17, 15) is 4.79 Å². The van der Waals surface area contributed by atoms with Gasteiger partial charge in [0, 0.05) is 12.5 Å². The van der Waals surface area contributed by atoms with Crippen molar-refractivity contribution in [3.05, 3.63) is 29.3 Å². The normalized spacial score (nSPS) is 15.6. The molecule has 0 bridgehead atoms. The summed E-state index contributed by atoms with van der Waals surface area (Å²) in [5.41, 5.74) is 2.29. The fourth-order valence-electron chi connectivity index (χ4n) is 2.20. The van der Waals surface area contributed by atoms with Gasteiger partial charge in [-0.3, -0.25) is 4.79 Å². The lowest BCUT2D eigenvalue weighted by Gasteiger charge is -2.18. The standard InChI is InChI=1S/C17H25NO3/c1-4-20-17(19)15(18-14-7-8-14)9-10-21-16-11-12(2)5-6-13(16)3/h5-6,11,14-15,18H,4,7-10H2,1-3H3. The quantitative estimate of drug-likeness (QED) is 0.748. The Morgan fingerprint density at radius 1 is 1.38 bits per heavy atom. The highest BCUT2D eigenvalue weighted by Crippen LogP contribution is 2.21. The van der Waals surface area contributed by atoms with Gasteiger partial charge in [-0.05, 0) is 50.8 Å². The maximum atomic E-state index is 11.9. The predicted molar refractivity (Wildman–Crippen MR) is 82.6 cm³/mol. The summed E-state index contributed by atoms with van der Waals surface area (Å²) in [6.07, 6.45) is 2.92. The highest BCUT2D eigenvalue weighted by Gasteiger charge is 2.29. The second-order valence-electron chi connectivity index (χ2n) is 5.65. The first kappa shape index (κ1) is 15.8. The van der Waals surface area contributed by atoms with E-state index in [-0.39, 0.29) is 12.0 Å². The van der Waals surface area contributed by atoms with Crippen LogP contribution >= 0.6 is 0 Å². The van der Waals surface area contributed by atoms with E-state index in [0.717, 1.165) is 24.2 Å². The van der Waals surface area contributed by atoms with Crippen LogP contribution < -0.4 is 10.1 Å². The Morgan fingerprint density at radius 3 is 2.81 bits per heavy atom. The Morgan fingerprint density at radius 2 is 2.14 bits per heavy atom. The minimum atomic E-state index is -0.262. The van der Waals surface area contributed by atoms with Gasteiger partial charge >= 0.3 is 5.97 Å². The van der Waals surface area contributed by atoms with Gasteiger partial charge in [0.2, 0.25) is 0 Å². The maximum Gasteiger partial charge on any atom is 0.323 e. The molecule has 1 aliphatic carbocycles. The number of benzene rings is 1. The largest absolute Gasteiger partial charge is 0.493 e. The highest BCUT2D eigenvalue weighted by molar-refractivity contribution is 5.75. The molecule has 0 saturated heterocycles. The fraction of sp³-hybridized carbons (Fsp3) is 0.588. The predicted octanol–water partition coefficient (Wildman–Crippen LogP) is 2.76. The van der Waals surface area contributed by atoms with E-state index in [0.29, 0.717) is 25.7 Å². The van der Waals surface area contributed by atoms with Crippen LogP contribution in [-0.4, -0.2) is 31.3 Å². The molecule has 0 aliphatic heterocycles. The Bertz CT molecular complexity index is 483. The van der Waals surface area contributed by atoms with Crippen molar-refractivity contribution < 1.29 is 14.3 Å². The monoisotopic (exact) mass is 291 g/mol. The number of carbonyl (C=O) groups is 1. The minimum Gasteiger partial charge on any atom is -0.493 e. The second-order valence-corrected chi connectivity index (χ2v) is 5.65. The summed E-state index contributed by atoms with van der Waals surface area (Å²) in [6.45, 7) is 6.83. The van der Waals surface area contributed by atoms with Crippen molar-refractivity contribution in [2.45, 2.75) is 52.1 Å². The van der Waals surface area contributed by atoms with Gasteiger partial charge in [0.1, 0.15) is 11.8 Å². The minimum absolute atomic E-state index is 0.172. The summed E-state index contributed by atoms with van der Waals surface area (Å²) < 4.78 is 11.0. The van der Waals surface area contributed by atoms with Crippen LogP contribution in [0.3, 0.4) is 0 Å². The number of hydrogen-bond donors (Lipinski definition) is 1. The Labute approximate surface area is 126 Å². The number of nitrogens with one attached hydrogen (secondary N) is 1.